The maximum absolute atomic E-state index is 13.5. The molecule has 0 spiro atoms. The molecule has 2 aromatic carbocycles. The average molecular weight is 720 g/mol. The fourth-order valence-corrected chi connectivity index (χ4v) is 7.85. The molecule has 2 saturated heterocycles. The molecule has 7 rings (SSSR count). The van der Waals surface area contributed by atoms with E-state index in [0.717, 1.165) is 71.6 Å². The lowest BCUT2D eigenvalue weighted by atomic mass is 9.99. The first-order valence-electron chi connectivity index (χ1n) is 18.7. The Bertz CT molecular complexity index is 2010. The maximum atomic E-state index is 13.5. The van der Waals surface area contributed by atoms with E-state index in [0.29, 0.717) is 25.6 Å². The van der Waals surface area contributed by atoms with Crippen molar-refractivity contribution >= 4 is 23.6 Å². The Balaban J connectivity index is 1.06. The van der Waals surface area contributed by atoms with Crippen LogP contribution in [-0.2, 0) is 32.3 Å². The second-order valence-corrected chi connectivity index (χ2v) is 14.9. The summed E-state index contributed by atoms with van der Waals surface area (Å²) in [6.07, 6.45) is 4.48. The minimum Gasteiger partial charge on any atom is -0.451 e. The largest absolute Gasteiger partial charge is 0.451 e. The molecule has 12 heteroatoms. The predicted octanol–water partition coefficient (Wildman–Crippen LogP) is 6.94. The first kappa shape index (κ1) is 36.3. The van der Waals surface area contributed by atoms with Crippen molar-refractivity contribution in [2.24, 2.45) is 22.6 Å². The quantitative estimate of drug-likeness (QED) is 0.158. The highest BCUT2D eigenvalue weighted by atomic mass is 16.5. The number of hydrogen-bond acceptors (Lipinski definition) is 7. The monoisotopic (exact) mass is 719 g/mol. The average Bonchev–Trinajstić information content (AvgIpc) is 4.01. The van der Waals surface area contributed by atoms with E-state index in [9.17, 15) is 14.4 Å². The number of ether oxygens (including phenoxy) is 2. The van der Waals surface area contributed by atoms with Gasteiger partial charge in [-0.25, -0.2) is 9.78 Å². The number of fused-ring (bicyclic) bond motifs is 1. The molecule has 5 heterocycles. The summed E-state index contributed by atoms with van der Waals surface area (Å²) in [6, 6.07) is 16.1. The van der Waals surface area contributed by atoms with E-state index in [-0.39, 0.29) is 41.4 Å². The van der Waals surface area contributed by atoms with Crippen LogP contribution in [0, 0.1) is 11.8 Å². The van der Waals surface area contributed by atoms with Crippen LogP contribution >= 0.6 is 0 Å². The molecule has 4 N–H and O–H groups in total. The third kappa shape index (κ3) is 7.05. The Hall–Kier alpha value is -5.07. The van der Waals surface area contributed by atoms with Gasteiger partial charge in [0.15, 0.2) is 0 Å². The van der Waals surface area contributed by atoms with Crippen molar-refractivity contribution in [3.8, 4) is 33.6 Å². The highest BCUT2D eigenvalue weighted by Crippen LogP contribution is 2.42. The molecular weight excluding hydrogens is 670 g/mol. The molecule has 3 aliphatic heterocycles. The Morgan fingerprint density at radius 1 is 0.849 bits per heavy atom. The van der Waals surface area contributed by atoms with E-state index in [1.165, 1.54) is 18.2 Å². The predicted molar refractivity (Wildman–Crippen MR) is 203 cm³/mol. The molecule has 278 valence electrons. The molecule has 0 saturated carbocycles. The Kier molecular flexibility index (Phi) is 10.4. The van der Waals surface area contributed by atoms with Crippen molar-refractivity contribution in [2.45, 2.75) is 84.7 Å². The van der Waals surface area contributed by atoms with Gasteiger partial charge in [-0.3, -0.25) is 9.59 Å². The number of rotatable bonds is 9. The number of carbonyl (C=O) groups excluding carboxylic acids is 3. The van der Waals surface area contributed by atoms with Crippen LogP contribution in [0.1, 0.15) is 88.1 Å². The number of imidazole rings is 1. The lowest BCUT2D eigenvalue weighted by Crippen LogP contribution is -2.46. The summed E-state index contributed by atoms with van der Waals surface area (Å²) in [4.78, 5) is 58.1. The van der Waals surface area contributed by atoms with Gasteiger partial charge in [0.2, 0.25) is 5.91 Å². The number of H-pyrrole nitrogens is 2. The van der Waals surface area contributed by atoms with Crippen molar-refractivity contribution in [2.75, 3.05) is 20.2 Å². The number of hydrogen-bond donors (Lipinski definition) is 3. The fraction of sp³-hybridized carbons (Fsp3) is 0.439. The Labute approximate surface area is 310 Å². The van der Waals surface area contributed by atoms with E-state index in [4.69, 9.17) is 10.5 Å². The lowest BCUT2D eigenvalue weighted by molar-refractivity contribution is -0.134. The zero-order valence-electron chi connectivity index (χ0n) is 31.1. The van der Waals surface area contributed by atoms with Gasteiger partial charge in [0.25, 0.3) is 5.91 Å². The van der Waals surface area contributed by atoms with Gasteiger partial charge in [0.1, 0.15) is 11.5 Å². The number of nitrogens with zero attached hydrogens (tertiary/aromatic N) is 4. The summed E-state index contributed by atoms with van der Waals surface area (Å²) in [6.45, 7) is 10.0. The van der Waals surface area contributed by atoms with Gasteiger partial charge >= 0.3 is 6.09 Å². The van der Waals surface area contributed by atoms with Gasteiger partial charge < -0.3 is 35.0 Å². The number of carbonyl (C=O) groups is 3. The molecule has 0 aliphatic carbocycles. The van der Waals surface area contributed by atoms with Crippen LogP contribution in [-0.4, -0.2) is 74.6 Å². The number of likely N-dealkylation sites (tertiary alicyclic amines) is 2. The summed E-state index contributed by atoms with van der Waals surface area (Å²) in [5, 5.41) is 0. The normalized spacial score (nSPS) is 19.4. The molecule has 4 aromatic rings. The van der Waals surface area contributed by atoms with E-state index in [1.807, 2.05) is 32.6 Å². The third-order valence-corrected chi connectivity index (χ3v) is 10.9. The minimum atomic E-state index is -0.778. The third-order valence-electron chi connectivity index (χ3n) is 10.9. The minimum absolute atomic E-state index is 0.0197. The van der Waals surface area contributed by atoms with E-state index in [2.05, 4.69) is 73.2 Å². The summed E-state index contributed by atoms with van der Waals surface area (Å²) in [5.41, 5.74) is 16.1. The van der Waals surface area contributed by atoms with Crippen LogP contribution in [0.5, 0.6) is 0 Å². The van der Waals surface area contributed by atoms with Crippen LogP contribution in [0.25, 0.3) is 33.6 Å². The molecule has 0 bridgehead atoms. The summed E-state index contributed by atoms with van der Waals surface area (Å²) >= 11 is 0. The molecular formula is C41H49N7O5. The number of methoxy groups -OCH3 is 1. The fourth-order valence-electron chi connectivity index (χ4n) is 7.85. The smallest absolute Gasteiger partial charge is 0.433 e. The summed E-state index contributed by atoms with van der Waals surface area (Å²) < 4.78 is 10.6. The highest BCUT2D eigenvalue weighted by molar-refractivity contribution is 6.40. The number of benzene rings is 2. The molecule has 12 nitrogen and oxygen atoms in total. The van der Waals surface area contributed by atoms with Gasteiger partial charge in [0.05, 0.1) is 56.0 Å². The molecule has 3 aliphatic rings. The molecule has 0 radical (unpaired) electrons. The highest BCUT2D eigenvalue weighted by Gasteiger charge is 2.38. The van der Waals surface area contributed by atoms with E-state index >= 15 is 0 Å². The van der Waals surface area contributed by atoms with Crippen molar-refractivity contribution < 1.29 is 23.9 Å². The molecule has 3 atom stereocenters. The van der Waals surface area contributed by atoms with Gasteiger partial charge in [-0.05, 0) is 53.9 Å². The number of aromatic amines is 2. The van der Waals surface area contributed by atoms with E-state index < -0.39 is 12.1 Å². The zero-order chi connectivity index (χ0) is 37.4. The van der Waals surface area contributed by atoms with Crippen molar-refractivity contribution in [1.29, 1.82) is 0 Å². The lowest BCUT2D eigenvalue weighted by Gasteiger charge is -2.29. The van der Waals surface area contributed by atoms with Crippen molar-refractivity contribution in [3.63, 3.8) is 0 Å². The summed E-state index contributed by atoms with van der Waals surface area (Å²) in [7, 11) is 1.25. The van der Waals surface area contributed by atoms with Crippen LogP contribution in [0.4, 0.5) is 4.79 Å². The second-order valence-electron chi connectivity index (χ2n) is 14.9. The number of aliphatic imine (C=N–C) groups is 1. The molecule has 2 fully saturated rings. The number of amides is 3. The van der Waals surface area contributed by atoms with Gasteiger partial charge in [-0.1, -0.05) is 76.2 Å². The standard InChI is InChI=1S/C41H49N7O5/c1-23(2)34(42)39(49)47-18-6-8-32(47)37-30-22-53-21-29(30)36(45-37)28-16-12-26(13-17-28)25-10-14-27(15-11-25)31-20-43-38(44-31)33-9-7-19-48(33)40(50)35(24(3)4)46-41(51)52-5/h10-17,20,23-24,32-34,45H,6-9,18-19,21-22,42H2,1-5H3,(H,43,44)/b46-35+/t32?,33-,34-/m0/s1. The summed E-state index contributed by atoms with van der Waals surface area (Å²) in [5.74, 6) is 0.309. The van der Waals surface area contributed by atoms with E-state index in [1.54, 1.807) is 11.1 Å². The molecule has 1 unspecified atom stereocenters. The van der Waals surface area contributed by atoms with Crippen molar-refractivity contribution in [1.82, 2.24) is 24.8 Å². The topological polar surface area (TPSA) is 159 Å². The van der Waals surface area contributed by atoms with Gasteiger partial charge in [0, 0.05) is 35.8 Å². The van der Waals surface area contributed by atoms with Crippen LogP contribution < -0.4 is 5.73 Å². The molecule has 2 aromatic heterocycles. The number of nitrogens with one attached hydrogen (secondary N) is 2. The Morgan fingerprint density at radius 2 is 1.45 bits per heavy atom. The number of aromatic nitrogens is 3. The first-order chi connectivity index (χ1) is 25.5. The zero-order valence-corrected chi connectivity index (χ0v) is 31.1. The number of nitrogens with two attached hydrogens (primary N) is 1. The van der Waals surface area contributed by atoms with Crippen LogP contribution in [0.3, 0.4) is 0 Å². The van der Waals surface area contributed by atoms with Crippen LogP contribution in [0.2, 0.25) is 0 Å². The second kappa shape index (κ2) is 15.1. The van der Waals surface area contributed by atoms with Crippen molar-refractivity contribution in [3.05, 3.63) is 77.4 Å². The SMILES string of the molecule is COC(=O)/N=C(/C(=O)N1CCC[C@H]1c1ncc(-c2ccc(-c3ccc(-c4[nH]c(C5CCCN5C(=O)[C@@H](N)C(C)C)c5c4COC5)cc3)cc2)[nH]1)C(C)C. The molecule has 53 heavy (non-hydrogen) atoms. The maximum Gasteiger partial charge on any atom is 0.433 e. The molecule has 3 amide bonds. The van der Waals surface area contributed by atoms with Gasteiger partial charge in [-0.2, -0.15) is 4.99 Å². The van der Waals surface area contributed by atoms with Crippen LogP contribution in [0.15, 0.2) is 59.7 Å². The first-order valence-corrected chi connectivity index (χ1v) is 18.7. The van der Waals surface area contributed by atoms with Gasteiger partial charge in [-0.15, -0.1) is 0 Å². The Morgan fingerprint density at radius 3 is 2.09 bits per heavy atom.